The first-order valence-electron chi connectivity index (χ1n) is 13.5. The number of nitrogen functional groups attached to an aromatic ring is 2. The monoisotopic (exact) mass is 722 g/mol. The number of aliphatic hydroxyl groups excluding tert-OH is 2. The standard InChI is InChI=1S/C21H28N10O11P2S2/c1-36-44(46)38-4-9-13(12(33)19(40-9)31-16-7(2-27-31)15(22)24-5-25-16)41-43(35,45)37-3-8-11(32)14(42-44)20(39-8)30-6-26-10-17(30)28-21(23)29-18(10)34/h2,5-6,8-9,11-14,19-20,32-33,44,46H,3-4H2,1H3,(H,35,45)(H2,22,24,25)(H3,23,28,29,34). The Bertz CT molecular complexity index is 1900. The first-order valence-corrected chi connectivity index (χ1v) is 19.2. The van der Waals surface area contributed by atoms with E-state index in [1.54, 1.807) is 0 Å². The van der Waals surface area contributed by atoms with Gasteiger partial charge in [-0.2, -0.15) is 0 Å². The second-order valence-corrected chi connectivity index (χ2v) is 16.9. The summed E-state index contributed by atoms with van der Waals surface area (Å²) >= 11 is 8.67. The van der Waals surface area contributed by atoms with E-state index in [9.17, 15) is 19.6 Å². The number of aliphatic hydroxyl groups is 2. The number of H-pyrrole nitrogens is 1. The molecule has 2 bridgehead atoms. The average molecular weight is 723 g/mol. The molecule has 3 aliphatic rings. The molecule has 4 aromatic heterocycles. The number of aromatic amines is 1. The molecule has 4 aromatic rings. The van der Waals surface area contributed by atoms with Gasteiger partial charge in [0, 0.05) is 0 Å². The number of thiol groups is 2. The number of nitrogens with one attached hydrogen (secondary N) is 1. The molecule has 46 heavy (non-hydrogen) atoms. The van der Waals surface area contributed by atoms with Crippen LogP contribution in [-0.4, -0.2) is 106 Å². The average Bonchev–Trinajstić information content (AvgIpc) is 3.77. The van der Waals surface area contributed by atoms with Crippen LogP contribution in [0.1, 0.15) is 12.5 Å². The minimum absolute atomic E-state index is 0.0306. The molecule has 250 valence electrons. The Kier molecular flexibility index (Phi) is 8.28. The Labute approximate surface area is 268 Å². The molecule has 0 radical (unpaired) electrons. The second-order valence-electron chi connectivity index (χ2n) is 10.4. The molecular weight excluding hydrogens is 694 g/mol. The van der Waals surface area contributed by atoms with Crippen molar-refractivity contribution < 1.29 is 46.9 Å². The Morgan fingerprint density at radius 3 is 2.67 bits per heavy atom. The predicted octanol–water partition coefficient (Wildman–Crippen LogP) is -0.518. The van der Waals surface area contributed by atoms with E-state index in [1.165, 1.54) is 35.2 Å². The molecule has 21 nitrogen and oxygen atoms in total. The Hall–Kier alpha value is -2.50. The number of hydrogen-bond acceptors (Lipinski definition) is 19. The van der Waals surface area contributed by atoms with E-state index in [0.29, 0.717) is 5.39 Å². The molecular formula is C21H28N10O11P2S2. The van der Waals surface area contributed by atoms with Gasteiger partial charge in [-0.15, -0.1) is 0 Å². The first kappa shape index (κ1) is 32.1. The number of rotatable bonds is 3. The van der Waals surface area contributed by atoms with Crippen molar-refractivity contribution in [1.82, 2.24) is 39.3 Å². The molecule has 9 unspecified atom stereocenters. The summed E-state index contributed by atoms with van der Waals surface area (Å²) in [5.41, 5.74) is 11.3. The van der Waals surface area contributed by atoms with Gasteiger partial charge in [-0.1, -0.05) is 0 Å². The molecule has 0 aliphatic carbocycles. The van der Waals surface area contributed by atoms with Crippen molar-refractivity contribution >= 4 is 72.4 Å². The van der Waals surface area contributed by atoms with E-state index in [1.807, 2.05) is 0 Å². The number of aromatic nitrogens is 8. The van der Waals surface area contributed by atoms with Crippen LogP contribution in [0.3, 0.4) is 0 Å². The molecule has 7 heterocycles. The van der Waals surface area contributed by atoms with Crippen LogP contribution in [0.25, 0.3) is 22.2 Å². The van der Waals surface area contributed by atoms with Crippen molar-refractivity contribution in [3.63, 3.8) is 0 Å². The van der Waals surface area contributed by atoms with Crippen molar-refractivity contribution in [2.24, 2.45) is 0 Å². The van der Waals surface area contributed by atoms with Gasteiger partial charge in [0.2, 0.25) is 0 Å². The zero-order valence-electron chi connectivity index (χ0n) is 23.5. The molecule has 0 saturated carbocycles. The van der Waals surface area contributed by atoms with E-state index in [-0.39, 0.29) is 35.2 Å². The van der Waals surface area contributed by atoms with Gasteiger partial charge < -0.3 is 0 Å². The predicted molar refractivity (Wildman–Crippen MR) is 165 cm³/mol. The van der Waals surface area contributed by atoms with Crippen LogP contribution >= 0.6 is 38.4 Å². The van der Waals surface area contributed by atoms with E-state index in [0.717, 1.165) is 0 Å². The summed E-state index contributed by atoms with van der Waals surface area (Å²) < 4.78 is 57.2. The van der Waals surface area contributed by atoms with E-state index in [2.05, 4.69) is 54.5 Å². The van der Waals surface area contributed by atoms with Gasteiger partial charge in [0.1, 0.15) is 0 Å². The Morgan fingerprint density at radius 2 is 1.89 bits per heavy atom. The number of imidazole rings is 1. The molecule has 0 amide bonds. The van der Waals surface area contributed by atoms with Gasteiger partial charge in [0.15, 0.2) is 0 Å². The summed E-state index contributed by atoms with van der Waals surface area (Å²) in [4.78, 5) is 31.1. The van der Waals surface area contributed by atoms with Crippen molar-refractivity contribution in [3.8, 4) is 0 Å². The third kappa shape index (κ3) is 5.57. The van der Waals surface area contributed by atoms with Crippen LogP contribution in [0, 0.1) is 0 Å². The number of anilines is 2. The second kappa shape index (κ2) is 11.9. The molecule has 3 saturated heterocycles. The molecule has 9 atom stereocenters. The molecule has 3 aliphatic heterocycles. The summed E-state index contributed by atoms with van der Waals surface area (Å²) in [6.07, 6.45) is -6.44. The van der Waals surface area contributed by atoms with E-state index >= 15 is 0 Å². The summed E-state index contributed by atoms with van der Waals surface area (Å²) in [6.45, 7) is -5.19. The summed E-state index contributed by atoms with van der Waals surface area (Å²) in [5.74, 6) is -0.0245. The topological polar surface area (TPSA) is 281 Å². The van der Waals surface area contributed by atoms with Gasteiger partial charge >= 0.3 is 269 Å². The number of fused-ring (bicyclic) bond motifs is 5. The van der Waals surface area contributed by atoms with Gasteiger partial charge in [-0.3, -0.25) is 0 Å². The van der Waals surface area contributed by atoms with Crippen molar-refractivity contribution in [2.45, 2.75) is 49.1 Å². The van der Waals surface area contributed by atoms with E-state index < -0.39 is 75.2 Å². The zero-order chi connectivity index (χ0) is 32.5. The van der Waals surface area contributed by atoms with Crippen LogP contribution in [0.5, 0.6) is 0 Å². The minimum atomic E-state index is -4.29. The Balaban J connectivity index is 1.22. The van der Waals surface area contributed by atoms with Crippen LogP contribution < -0.4 is 17.0 Å². The molecule has 0 aromatic carbocycles. The quantitative estimate of drug-likeness (QED) is 0.103. The fourth-order valence-electron chi connectivity index (χ4n) is 5.44. The summed E-state index contributed by atoms with van der Waals surface area (Å²) in [6, 6.07) is 0. The van der Waals surface area contributed by atoms with Crippen molar-refractivity contribution in [1.29, 1.82) is 0 Å². The SMILES string of the molecule is CO[PH]1(S)OCC2OC(n3ncc4c(N)ncnc43)C(O)C2OP(=O)(S)OCC2OC(n3cnc4c(=O)[nH]c(N)nc43)C(O1)C2O. The third-order valence-electron chi connectivity index (χ3n) is 7.64. The normalized spacial score (nSPS) is 35.8. The maximum atomic E-state index is 13.5. The molecule has 7 rings (SSSR count). The van der Waals surface area contributed by atoms with Crippen LogP contribution in [0.4, 0.5) is 11.8 Å². The molecule has 25 heteroatoms. The van der Waals surface area contributed by atoms with Crippen LogP contribution in [0.15, 0.2) is 23.6 Å². The maximum absolute atomic E-state index is 13.5. The summed E-state index contributed by atoms with van der Waals surface area (Å²) in [7, 11) is -2.72. The van der Waals surface area contributed by atoms with Crippen molar-refractivity contribution in [2.75, 3.05) is 31.8 Å². The van der Waals surface area contributed by atoms with Crippen LogP contribution in [0.2, 0.25) is 0 Å². The fourth-order valence-corrected chi connectivity index (χ4v) is 8.78. The third-order valence-corrected chi connectivity index (χ3v) is 12.1. The van der Waals surface area contributed by atoms with Gasteiger partial charge in [-0.05, 0) is 0 Å². The van der Waals surface area contributed by atoms with Crippen molar-refractivity contribution in [3.05, 3.63) is 29.2 Å². The fraction of sp³-hybridized carbons (Fsp3) is 0.524. The number of nitrogens with zero attached hydrogens (tertiary/aromatic N) is 7. The van der Waals surface area contributed by atoms with Gasteiger partial charge in [0.25, 0.3) is 0 Å². The first-order chi connectivity index (χ1) is 21.9. The number of hydrogen-bond donors (Lipinski definition) is 7. The Morgan fingerprint density at radius 1 is 1.11 bits per heavy atom. The van der Waals surface area contributed by atoms with Gasteiger partial charge in [0.05, 0.1) is 0 Å². The molecule has 3 fully saturated rings. The number of ether oxygens (including phenoxy) is 2. The zero-order valence-corrected chi connectivity index (χ0v) is 27.1. The number of nitrogens with two attached hydrogens (primary N) is 2. The van der Waals surface area contributed by atoms with Gasteiger partial charge in [-0.25, -0.2) is 0 Å². The summed E-state index contributed by atoms with van der Waals surface area (Å²) in [5, 5.41) is 27.3. The molecule has 0 spiro atoms. The van der Waals surface area contributed by atoms with Crippen LogP contribution in [-0.2, 0) is 36.7 Å². The molecule has 7 N–H and O–H groups in total. The van der Waals surface area contributed by atoms with E-state index in [4.69, 9.17) is 43.6 Å².